The summed E-state index contributed by atoms with van der Waals surface area (Å²) in [5, 5.41) is 6.23. The van der Waals surface area contributed by atoms with E-state index in [0.29, 0.717) is 30.3 Å². The lowest BCUT2D eigenvalue weighted by molar-refractivity contribution is -0.132. The predicted octanol–water partition coefficient (Wildman–Crippen LogP) is 1.32. The molecule has 3 heterocycles. The van der Waals surface area contributed by atoms with Gasteiger partial charge in [0.2, 0.25) is 5.91 Å². The van der Waals surface area contributed by atoms with Gasteiger partial charge in [-0.05, 0) is 19.1 Å². The predicted molar refractivity (Wildman–Crippen MR) is 101 cm³/mol. The van der Waals surface area contributed by atoms with E-state index >= 15 is 0 Å². The Balaban J connectivity index is 1.73. The fourth-order valence-electron chi connectivity index (χ4n) is 2.89. The summed E-state index contributed by atoms with van der Waals surface area (Å²) in [6.07, 6.45) is 4.43. The fraction of sp³-hybridized carbons (Fsp3) is 0.333. The Morgan fingerprint density at radius 1 is 1.42 bits per heavy atom. The molecule has 1 aliphatic heterocycles. The van der Waals surface area contributed by atoms with Crippen molar-refractivity contribution >= 4 is 17.4 Å². The standard InChI is InChI=1S/C18H22N6O2/c1-4-17(25)24-8-13(9-24)11(2)23-15-5-12(7-20-18(15)26)14-6-16(19-3)22-10-21-14/h4-7,10-11,13,23H,1,8-9H2,2-3H3,(H,20,26)(H,19,21,22). The number of likely N-dealkylation sites (tertiary alicyclic amines) is 1. The number of nitrogens with zero attached hydrogens (tertiary/aromatic N) is 3. The van der Waals surface area contributed by atoms with E-state index in [-0.39, 0.29) is 23.4 Å². The van der Waals surface area contributed by atoms with Crippen molar-refractivity contribution in [2.24, 2.45) is 5.92 Å². The summed E-state index contributed by atoms with van der Waals surface area (Å²) >= 11 is 0. The quantitative estimate of drug-likeness (QED) is 0.676. The molecule has 1 atom stereocenters. The highest BCUT2D eigenvalue weighted by Crippen LogP contribution is 2.23. The van der Waals surface area contributed by atoms with Crippen molar-refractivity contribution in [3.8, 4) is 11.3 Å². The summed E-state index contributed by atoms with van der Waals surface area (Å²) < 4.78 is 0. The van der Waals surface area contributed by atoms with E-state index in [1.54, 1.807) is 24.2 Å². The first-order valence-electron chi connectivity index (χ1n) is 8.42. The number of aromatic amines is 1. The first kappa shape index (κ1) is 17.7. The molecule has 8 nitrogen and oxygen atoms in total. The van der Waals surface area contributed by atoms with Crippen LogP contribution in [0.15, 0.2) is 42.1 Å². The second-order valence-electron chi connectivity index (χ2n) is 6.31. The molecule has 136 valence electrons. The number of carbonyl (C=O) groups is 1. The number of rotatable bonds is 6. The minimum absolute atomic E-state index is 0.0542. The molecule has 0 bridgehead atoms. The zero-order valence-corrected chi connectivity index (χ0v) is 14.8. The SMILES string of the molecule is C=CC(=O)N1CC(C(C)Nc2cc(-c3cc(NC)ncn3)c[nH]c2=O)C1. The van der Waals surface area contributed by atoms with Crippen molar-refractivity contribution in [1.82, 2.24) is 19.9 Å². The van der Waals surface area contributed by atoms with Crippen LogP contribution in [0.3, 0.4) is 0 Å². The van der Waals surface area contributed by atoms with E-state index in [2.05, 4.69) is 32.2 Å². The van der Waals surface area contributed by atoms with Gasteiger partial charge in [0.15, 0.2) is 0 Å². The molecule has 1 aliphatic rings. The topological polar surface area (TPSA) is 103 Å². The van der Waals surface area contributed by atoms with Crippen LogP contribution in [0.4, 0.5) is 11.5 Å². The van der Waals surface area contributed by atoms with Crippen LogP contribution in [0, 0.1) is 5.92 Å². The van der Waals surface area contributed by atoms with E-state index in [0.717, 1.165) is 5.56 Å². The van der Waals surface area contributed by atoms with Gasteiger partial charge in [0.1, 0.15) is 17.8 Å². The van der Waals surface area contributed by atoms with Crippen LogP contribution in [-0.4, -0.2) is 51.9 Å². The number of nitrogens with one attached hydrogen (secondary N) is 3. The Kier molecular flexibility index (Phi) is 5.01. The largest absolute Gasteiger partial charge is 0.378 e. The molecule has 1 amide bonds. The Morgan fingerprint density at radius 2 is 2.19 bits per heavy atom. The molecule has 8 heteroatoms. The van der Waals surface area contributed by atoms with Crippen LogP contribution in [0.2, 0.25) is 0 Å². The Morgan fingerprint density at radius 3 is 2.88 bits per heavy atom. The molecular weight excluding hydrogens is 332 g/mol. The van der Waals surface area contributed by atoms with Gasteiger partial charge in [-0.1, -0.05) is 6.58 Å². The van der Waals surface area contributed by atoms with Gasteiger partial charge in [-0.15, -0.1) is 0 Å². The number of amides is 1. The normalized spacial score (nSPS) is 15.1. The van der Waals surface area contributed by atoms with Gasteiger partial charge in [-0.3, -0.25) is 9.59 Å². The van der Waals surface area contributed by atoms with Crippen LogP contribution < -0.4 is 16.2 Å². The van der Waals surface area contributed by atoms with E-state index < -0.39 is 0 Å². The third-order valence-corrected chi connectivity index (χ3v) is 4.61. The summed E-state index contributed by atoms with van der Waals surface area (Å²) in [5.74, 6) is 0.930. The minimum Gasteiger partial charge on any atom is -0.378 e. The number of hydrogen-bond acceptors (Lipinski definition) is 6. The van der Waals surface area contributed by atoms with Crippen molar-refractivity contribution in [2.75, 3.05) is 30.8 Å². The van der Waals surface area contributed by atoms with Crippen molar-refractivity contribution in [3.63, 3.8) is 0 Å². The summed E-state index contributed by atoms with van der Waals surface area (Å²) in [6, 6.07) is 3.65. The Hall–Kier alpha value is -3.16. The monoisotopic (exact) mass is 354 g/mol. The van der Waals surface area contributed by atoms with E-state index in [1.807, 2.05) is 13.0 Å². The van der Waals surface area contributed by atoms with E-state index in [1.165, 1.54) is 12.4 Å². The summed E-state index contributed by atoms with van der Waals surface area (Å²) in [4.78, 5) is 36.5. The Labute approximate surface area is 151 Å². The highest BCUT2D eigenvalue weighted by Gasteiger charge is 2.33. The van der Waals surface area contributed by atoms with Crippen LogP contribution in [0.25, 0.3) is 11.3 Å². The lowest BCUT2D eigenvalue weighted by atomic mass is 9.92. The first-order chi connectivity index (χ1) is 12.5. The van der Waals surface area contributed by atoms with Crippen LogP contribution in [-0.2, 0) is 4.79 Å². The highest BCUT2D eigenvalue weighted by atomic mass is 16.2. The fourth-order valence-corrected chi connectivity index (χ4v) is 2.89. The molecule has 1 unspecified atom stereocenters. The number of H-pyrrole nitrogens is 1. The van der Waals surface area contributed by atoms with Gasteiger partial charge >= 0.3 is 0 Å². The van der Waals surface area contributed by atoms with Gasteiger partial charge in [0.25, 0.3) is 5.56 Å². The molecule has 0 saturated carbocycles. The van der Waals surface area contributed by atoms with Crippen molar-refractivity contribution in [3.05, 3.63) is 47.7 Å². The van der Waals surface area contributed by atoms with Gasteiger partial charge in [0.05, 0.1) is 5.69 Å². The average molecular weight is 354 g/mol. The van der Waals surface area contributed by atoms with E-state index in [9.17, 15) is 9.59 Å². The van der Waals surface area contributed by atoms with Gasteiger partial charge in [-0.25, -0.2) is 9.97 Å². The smallest absolute Gasteiger partial charge is 0.271 e. The van der Waals surface area contributed by atoms with Crippen molar-refractivity contribution in [2.45, 2.75) is 13.0 Å². The molecule has 0 spiro atoms. The van der Waals surface area contributed by atoms with Crippen LogP contribution in [0.5, 0.6) is 0 Å². The summed E-state index contributed by atoms with van der Waals surface area (Å²) in [5.41, 5.74) is 1.79. The molecule has 2 aromatic heterocycles. The summed E-state index contributed by atoms with van der Waals surface area (Å²) in [6.45, 7) is 6.83. The molecule has 0 aromatic carbocycles. The highest BCUT2D eigenvalue weighted by molar-refractivity contribution is 5.87. The van der Waals surface area contributed by atoms with Crippen molar-refractivity contribution in [1.29, 1.82) is 0 Å². The minimum atomic E-state index is -0.193. The maximum atomic E-state index is 12.2. The van der Waals surface area contributed by atoms with Crippen molar-refractivity contribution < 1.29 is 4.79 Å². The zero-order chi connectivity index (χ0) is 18.7. The maximum absolute atomic E-state index is 12.2. The second-order valence-corrected chi connectivity index (χ2v) is 6.31. The molecule has 0 aliphatic carbocycles. The van der Waals surface area contributed by atoms with Gasteiger partial charge < -0.3 is 20.5 Å². The Bertz CT molecular complexity index is 872. The first-order valence-corrected chi connectivity index (χ1v) is 8.42. The second kappa shape index (κ2) is 7.38. The number of aromatic nitrogens is 3. The number of hydrogen-bond donors (Lipinski definition) is 3. The van der Waals surface area contributed by atoms with E-state index in [4.69, 9.17) is 0 Å². The van der Waals surface area contributed by atoms with Gasteiger partial charge in [0, 0.05) is 49.9 Å². The zero-order valence-electron chi connectivity index (χ0n) is 14.8. The molecule has 1 saturated heterocycles. The lowest BCUT2D eigenvalue weighted by Gasteiger charge is -2.42. The molecular formula is C18H22N6O2. The molecule has 0 radical (unpaired) electrons. The third-order valence-electron chi connectivity index (χ3n) is 4.61. The number of anilines is 2. The van der Waals surface area contributed by atoms with Crippen LogP contribution >= 0.6 is 0 Å². The van der Waals surface area contributed by atoms with Gasteiger partial charge in [-0.2, -0.15) is 0 Å². The number of carbonyl (C=O) groups excluding carboxylic acids is 1. The molecule has 3 N–H and O–H groups in total. The average Bonchev–Trinajstić information content (AvgIpc) is 2.62. The molecule has 1 fully saturated rings. The lowest BCUT2D eigenvalue weighted by Crippen LogP contribution is -2.55. The third kappa shape index (κ3) is 3.58. The van der Waals surface area contributed by atoms with Crippen LogP contribution in [0.1, 0.15) is 6.92 Å². The molecule has 3 rings (SSSR count). The summed E-state index contributed by atoms with van der Waals surface area (Å²) in [7, 11) is 1.78. The molecule has 2 aromatic rings. The molecule has 26 heavy (non-hydrogen) atoms. The number of pyridine rings is 1. The maximum Gasteiger partial charge on any atom is 0.271 e.